The molecular formula is C22H22N6O. The molecule has 4 aliphatic rings. The van der Waals surface area contributed by atoms with Gasteiger partial charge in [0.15, 0.2) is 5.82 Å². The van der Waals surface area contributed by atoms with Gasteiger partial charge in [0.05, 0.1) is 17.4 Å². The van der Waals surface area contributed by atoms with Crippen molar-refractivity contribution < 1.29 is 5.11 Å². The van der Waals surface area contributed by atoms with Crippen molar-refractivity contribution in [3.8, 4) is 17.6 Å². The molecule has 3 aromatic rings. The third-order valence-electron chi connectivity index (χ3n) is 7.07. The molecule has 7 rings (SSSR count). The monoisotopic (exact) mass is 386 g/mol. The van der Waals surface area contributed by atoms with Crippen molar-refractivity contribution >= 4 is 11.5 Å². The number of nitriles is 1. The Hall–Kier alpha value is -2.98. The highest BCUT2D eigenvalue weighted by Crippen LogP contribution is 2.56. The number of aliphatic hydroxyl groups is 1. The number of nitrogens with zero attached hydrogens (tertiary/aromatic N) is 5. The second-order valence-corrected chi connectivity index (χ2v) is 9.03. The number of hydrogen-bond donors (Lipinski definition) is 2. The number of anilines is 1. The quantitative estimate of drug-likeness (QED) is 0.718. The lowest BCUT2D eigenvalue weighted by atomic mass is 9.52. The molecule has 4 bridgehead atoms. The summed E-state index contributed by atoms with van der Waals surface area (Å²) in [5.74, 6) is 3.10. The van der Waals surface area contributed by atoms with E-state index in [2.05, 4.69) is 21.4 Å². The van der Waals surface area contributed by atoms with Crippen LogP contribution in [0.4, 0.5) is 5.82 Å². The Morgan fingerprint density at radius 1 is 1.14 bits per heavy atom. The van der Waals surface area contributed by atoms with Crippen LogP contribution in [0, 0.1) is 29.1 Å². The molecule has 2 N–H and O–H groups in total. The maximum Gasteiger partial charge on any atom is 0.180 e. The largest absolute Gasteiger partial charge is 0.390 e. The van der Waals surface area contributed by atoms with E-state index in [1.54, 1.807) is 24.7 Å². The van der Waals surface area contributed by atoms with Gasteiger partial charge in [-0.2, -0.15) is 5.26 Å². The first-order valence-electron chi connectivity index (χ1n) is 10.3. The van der Waals surface area contributed by atoms with E-state index >= 15 is 0 Å². The zero-order valence-electron chi connectivity index (χ0n) is 16.0. The lowest BCUT2D eigenvalue weighted by molar-refractivity contribution is -0.129. The number of imidazole rings is 1. The maximum absolute atomic E-state index is 10.8. The molecule has 0 spiro atoms. The lowest BCUT2D eigenvalue weighted by Crippen LogP contribution is -2.59. The maximum atomic E-state index is 10.8. The van der Waals surface area contributed by atoms with Gasteiger partial charge in [-0.15, -0.1) is 0 Å². The Labute approximate surface area is 168 Å². The van der Waals surface area contributed by atoms with Crippen LogP contribution in [-0.2, 0) is 0 Å². The summed E-state index contributed by atoms with van der Waals surface area (Å²) in [7, 11) is 0. The minimum Gasteiger partial charge on any atom is -0.390 e. The minimum atomic E-state index is -0.430. The fraction of sp³-hybridized carbons (Fsp3) is 0.455. The van der Waals surface area contributed by atoms with Crippen LogP contribution >= 0.6 is 0 Å². The van der Waals surface area contributed by atoms with Crippen molar-refractivity contribution in [2.75, 3.05) is 5.32 Å². The Morgan fingerprint density at radius 3 is 2.72 bits per heavy atom. The van der Waals surface area contributed by atoms with E-state index in [1.165, 1.54) is 12.8 Å². The summed E-state index contributed by atoms with van der Waals surface area (Å²) >= 11 is 0. The molecule has 0 aromatic carbocycles. The van der Waals surface area contributed by atoms with Crippen LogP contribution in [0.15, 0.2) is 36.8 Å². The molecule has 7 nitrogen and oxygen atoms in total. The Bertz CT molecular complexity index is 1130. The molecule has 0 aliphatic heterocycles. The molecule has 0 saturated heterocycles. The second-order valence-electron chi connectivity index (χ2n) is 9.03. The molecule has 3 aromatic heterocycles. The van der Waals surface area contributed by atoms with Crippen LogP contribution in [0.3, 0.4) is 0 Å². The first kappa shape index (κ1) is 16.9. The molecular weight excluding hydrogens is 364 g/mol. The van der Waals surface area contributed by atoms with Crippen molar-refractivity contribution in [1.29, 1.82) is 5.26 Å². The molecule has 0 unspecified atom stereocenters. The number of nitrogens with one attached hydrogen (secondary N) is 1. The van der Waals surface area contributed by atoms with Crippen LogP contribution in [0.1, 0.15) is 37.7 Å². The number of rotatable bonds is 3. The van der Waals surface area contributed by atoms with Gasteiger partial charge < -0.3 is 10.4 Å². The topological polar surface area (TPSA) is 99.1 Å². The first-order valence-corrected chi connectivity index (χ1v) is 10.3. The molecule has 3 heterocycles. The van der Waals surface area contributed by atoms with Crippen molar-refractivity contribution in [1.82, 2.24) is 19.4 Å². The van der Waals surface area contributed by atoms with E-state index in [0.29, 0.717) is 35.2 Å². The summed E-state index contributed by atoms with van der Waals surface area (Å²) in [6, 6.07) is 8.01. The van der Waals surface area contributed by atoms with Gasteiger partial charge in [-0.3, -0.25) is 4.40 Å². The van der Waals surface area contributed by atoms with Crippen LogP contribution in [0.25, 0.3) is 17.2 Å². The average molecular weight is 386 g/mol. The van der Waals surface area contributed by atoms with Crippen LogP contribution in [0.2, 0.25) is 0 Å². The van der Waals surface area contributed by atoms with Crippen molar-refractivity contribution in [3.05, 3.63) is 42.4 Å². The molecule has 4 fully saturated rings. The van der Waals surface area contributed by atoms with E-state index in [1.807, 2.05) is 16.5 Å². The third kappa shape index (κ3) is 2.70. The van der Waals surface area contributed by atoms with Gasteiger partial charge in [-0.25, -0.2) is 15.0 Å². The fourth-order valence-electron chi connectivity index (χ4n) is 6.16. The average Bonchev–Trinajstić information content (AvgIpc) is 3.13. The number of pyridine rings is 1. The van der Waals surface area contributed by atoms with Crippen molar-refractivity contribution in [2.45, 2.75) is 43.7 Å². The van der Waals surface area contributed by atoms with Crippen LogP contribution in [-0.4, -0.2) is 36.1 Å². The van der Waals surface area contributed by atoms with Crippen LogP contribution < -0.4 is 5.32 Å². The van der Waals surface area contributed by atoms with E-state index < -0.39 is 5.60 Å². The summed E-state index contributed by atoms with van der Waals surface area (Å²) in [5, 5.41) is 23.7. The molecule has 4 saturated carbocycles. The van der Waals surface area contributed by atoms with E-state index in [0.717, 1.165) is 36.4 Å². The highest BCUT2D eigenvalue weighted by Gasteiger charge is 2.54. The highest BCUT2D eigenvalue weighted by atomic mass is 16.3. The van der Waals surface area contributed by atoms with Gasteiger partial charge >= 0.3 is 0 Å². The summed E-state index contributed by atoms with van der Waals surface area (Å²) in [6.07, 6.45) is 10.5. The summed E-state index contributed by atoms with van der Waals surface area (Å²) in [6.45, 7) is 0. The van der Waals surface area contributed by atoms with E-state index in [9.17, 15) is 10.4 Å². The molecule has 4 aliphatic carbocycles. The smallest absolute Gasteiger partial charge is 0.180 e. The van der Waals surface area contributed by atoms with Crippen LogP contribution in [0.5, 0.6) is 0 Å². The minimum absolute atomic E-state index is 0.363. The van der Waals surface area contributed by atoms with Gasteiger partial charge in [0.25, 0.3) is 0 Å². The molecule has 146 valence electrons. The molecule has 0 amide bonds. The van der Waals surface area contributed by atoms with Gasteiger partial charge in [0.2, 0.25) is 0 Å². The van der Waals surface area contributed by atoms with Crippen molar-refractivity contribution in [2.24, 2.45) is 17.8 Å². The van der Waals surface area contributed by atoms with Crippen molar-refractivity contribution in [3.63, 3.8) is 0 Å². The highest BCUT2D eigenvalue weighted by molar-refractivity contribution is 5.59. The summed E-state index contributed by atoms with van der Waals surface area (Å²) in [4.78, 5) is 13.6. The Kier molecular flexibility index (Phi) is 3.51. The zero-order valence-corrected chi connectivity index (χ0v) is 16.0. The van der Waals surface area contributed by atoms with Gasteiger partial charge in [0.1, 0.15) is 23.2 Å². The zero-order chi connectivity index (χ0) is 19.6. The van der Waals surface area contributed by atoms with Gasteiger partial charge in [-0.1, -0.05) is 0 Å². The molecule has 2 atom stereocenters. The molecule has 7 heteroatoms. The van der Waals surface area contributed by atoms with E-state index in [-0.39, 0.29) is 0 Å². The summed E-state index contributed by atoms with van der Waals surface area (Å²) < 4.78 is 1.86. The SMILES string of the molecule is N#Cc1ccc2ncc(-c3nccc(NC4[C@H]5CC6C[C@H]4CC(O)(C6)C5)n3)n2c1. The van der Waals surface area contributed by atoms with Gasteiger partial charge in [0, 0.05) is 18.4 Å². The lowest BCUT2D eigenvalue weighted by Gasteiger charge is -2.58. The predicted octanol–water partition coefficient (Wildman–Crippen LogP) is 3.01. The number of hydrogen-bond acceptors (Lipinski definition) is 6. The Balaban J connectivity index is 1.31. The number of aromatic nitrogens is 4. The van der Waals surface area contributed by atoms with Gasteiger partial charge in [-0.05, 0) is 68.1 Å². The standard InChI is InChI=1S/C22H22N6O/c23-10-13-1-2-19-25-11-17(28(19)12-13)21-24-4-3-18(27-21)26-20-15-5-14-6-16(20)9-22(29,7-14)8-15/h1-4,11-12,14-16,20,29H,5-9H2,(H,24,26,27)/t14?,15-,16-,20?,22?/m0/s1. The second kappa shape index (κ2) is 6.01. The third-order valence-corrected chi connectivity index (χ3v) is 7.07. The predicted molar refractivity (Wildman–Crippen MR) is 107 cm³/mol. The Morgan fingerprint density at radius 2 is 1.97 bits per heavy atom. The summed E-state index contributed by atoms with van der Waals surface area (Å²) in [5.41, 5.74) is 1.66. The molecule has 29 heavy (non-hydrogen) atoms. The fourth-order valence-corrected chi connectivity index (χ4v) is 6.16. The van der Waals surface area contributed by atoms with E-state index in [4.69, 9.17) is 4.98 Å². The first-order chi connectivity index (χ1) is 14.1. The molecule has 0 radical (unpaired) electrons. The number of fused-ring (bicyclic) bond motifs is 1. The normalized spacial score (nSPS) is 32.4.